The van der Waals surface area contributed by atoms with Crippen LogP contribution in [0.5, 0.6) is 0 Å². The molecule has 0 aromatic carbocycles. The van der Waals surface area contributed by atoms with Gasteiger partial charge in [-0.15, -0.1) is 5.06 Å². The molecule has 2 heterocycles. The lowest BCUT2D eigenvalue weighted by Gasteiger charge is -2.26. The average molecular weight is 460 g/mol. The maximum atomic E-state index is 14.0. The van der Waals surface area contributed by atoms with Crippen molar-refractivity contribution in [3.8, 4) is 0 Å². The largest absolute Gasteiger partial charge is 0.352 e. The Bertz CT molecular complexity index is 764. The van der Waals surface area contributed by atoms with Crippen LogP contribution in [0.3, 0.4) is 0 Å². The van der Waals surface area contributed by atoms with Gasteiger partial charge in [-0.2, -0.15) is 5.12 Å². The molecule has 12 heteroatoms. The van der Waals surface area contributed by atoms with Gasteiger partial charge in [0.1, 0.15) is 5.03 Å². The molecule has 1 saturated heterocycles. The Morgan fingerprint density at radius 2 is 1.97 bits per heavy atom. The number of ether oxygens (including phenoxy) is 1. The van der Waals surface area contributed by atoms with E-state index in [1.54, 1.807) is 12.3 Å². The number of carbonyl (C=O) groups is 4. The predicted octanol–water partition coefficient (Wildman–Crippen LogP) is 2.68. The molecule has 0 aliphatic carbocycles. The lowest BCUT2D eigenvalue weighted by atomic mass is 10.1. The van der Waals surface area contributed by atoms with Gasteiger partial charge in [0, 0.05) is 31.2 Å². The Kier molecular flexibility index (Phi) is 9.06. The Morgan fingerprint density at radius 3 is 2.60 bits per heavy atom. The monoisotopic (exact) mass is 459 g/mol. The van der Waals surface area contributed by atoms with Crippen LogP contribution in [-0.2, 0) is 28.8 Å². The number of hydrogen-bond donors (Lipinski definition) is 0. The lowest BCUT2D eigenvalue weighted by molar-refractivity contribution is -0.203. The molecule has 0 radical (unpaired) electrons. The van der Waals surface area contributed by atoms with Crippen molar-refractivity contribution in [2.45, 2.75) is 50.2 Å². The van der Waals surface area contributed by atoms with Gasteiger partial charge in [0.25, 0.3) is 17.7 Å². The van der Waals surface area contributed by atoms with Crippen molar-refractivity contribution in [3.63, 3.8) is 0 Å². The maximum absolute atomic E-state index is 14.0. The molecule has 0 saturated carbocycles. The van der Waals surface area contributed by atoms with Gasteiger partial charge in [-0.1, -0.05) is 21.3 Å². The third-order valence-electron chi connectivity index (χ3n) is 3.79. The van der Waals surface area contributed by atoms with Gasteiger partial charge in [-0.25, -0.2) is 9.78 Å². The summed E-state index contributed by atoms with van der Waals surface area (Å²) in [6.07, 6.45) is 1.26. The van der Waals surface area contributed by atoms with Crippen LogP contribution in [0.25, 0.3) is 0 Å². The van der Waals surface area contributed by atoms with E-state index in [1.165, 1.54) is 35.4 Å². The molecule has 0 unspecified atom stereocenters. The second-order valence-electron chi connectivity index (χ2n) is 6.83. The Balaban J connectivity index is 1.66. The number of amides is 3. The van der Waals surface area contributed by atoms with Crippen molar-refractivity contribution in [3.05, 3.63) is 24.4 Å². The summed E-state index contributed by atoms with van der Waals surface area (Å²) >= 11 is 0. The number of hydroxylamine groups is 2. The fourth-order valence-electron chi connectivity index (χ4n) is 2.24. The number of nitrogens with zero attached hydrogens (tertiary/aromatic N) is 3. The zero-order chi connectivity index (χ0) is 22.1. The second-order valence-corrected chi connectivity index (χ2v) is 9.27. The van der Waals surface area contributed by atoms with E-state index in [1.807, 2.05) is 12.1 Å². The summed E-state index contributed by atoms with van der Waals surface area (Å²) in [7, 11) is 2.77. The quantitative estimate of drug-likeness (QED) is 0.162. The van der Waals surface area contributed by atoms with Crippen LogP contribution in [0.15, 0.2) is 29.4 Å². The number of aromatic nitrogens is 1. The van der Waals surface area contributed by atoms with E-state index < -0.39 is 36.0 Å². The molecule has 0 bridgehead atoms. The van der Waals surface area contributed by atoms with Crippen LogP contribution in [0.4, 0.5) is 4.48 Å². The molecule has 9 nitrogen and oxygen atoms in total. The van der Waals surface area contributed by atoms with Gasteiger partial charge in [0.05, 0.1) is 12.0 Å². The predicted molar refractivity (Wildman–Crippen MR) is 107 cm³/mol. The number of pyridine rings is 1. The van der Waals surface area contributed by atoms with Crippen molar-refractivity contribution < 1.29 is 33.2 Å². The summed E-state index contributed by atoms with van der Waals surface area (Å²) < 4.78 is 19.3. The Labute approximate surface area is 180 Å². The van der Waals surface area contributed by atoms with Crippen LogP contribution < -0.4 is 0 Å². The van der Waals surface area contributed by atoms with Gasteiger partial charge >= 0.3 is 5.97 Å². The fraction of sp³-hybridized carbons (Fsp3) is 0.500. The molecule has 1 fully saturated rings. The molecule has 0 atom stereocenters. The van der Waals surface area contributed by atoms with Crippen molar-refractivity contribution >= 4 is 45.3 Å². The number of rotatable bonds is 11. The third-order valence-corrected chi connectivity index (χ3v) is 6.06. The van der Waals surface area contributed by atoms with Gasteiger partial charge < -0.3 is 9.57 Å². The zero-order valence-corrected chi connectivity index (χ0v) is 18.2. The van der Waals surface area contributed by atoms with E-state index >= 15 is 0 Å². The minimum Gasteiger partial charge on any atom is -0.352 e. The first-order valence-electron chi connectivity index (χ1n) is 9.05. The number of imide groups is 1. The summed E-state index contributed by atoms with van der Waals surface area (Å²) in [5.74, 6) is -2.42. The lowest BCUT2D eigenvalue weighted by Crippen LogP contribution is -2.38. The van der Waals surface area contributed by atoms with E-state index in [0.29, 0.717) is 10.8 Å². The minimum absolute atomic E-state index is 0.0103. The highest BCUT2D eigenvalue weighted by atomic mass is 33.1. The molecule has 1 aliphatic heterocycles. The number of hydrogen-bond acceptors (Lipinski definition) is 9. The molecule has 2 rings (SSSR count). The van der Waals surface area contributed by atoms with Gasteiger partial charge in [0.2, 0.25) is 0 Å². The zero-order valence-electron chi connectivity index (χ0n) is 16.5. The van der Waals surface area contributed by atoms with E-state index in [0.717, 1.165) is 5.03 Å². The summed E-state index contributed by atoms with van der Waals surface area (Å²) in [6, 6.07) is 5.48. The summed E-state index contributed by atoms with van der Waals surface area (Å²) in [5.41, 5.74) is -1.18. The second kappa shape index (κ2) is 11.3. The van der Waals surface area contributed by atoms with Crippen molar-refractivity contribution in [2.24, 2.45) is 0 Å². The normalized spacial score (nSPS) is 14.2. The first-order chi connectivity index (χ1) is 14.2. The van der Waals surface area contributed by atoms with Crippen molar-refractivity contribution in [1.29, 1.82) is 0 Å². The molecule has 0 N–H and O–H groups in total. The molecule has 1 aliphatic rings. The number of halogens is 1. The highest BCUT2D eigenvalue weighted by Gasteiger charge is 2.34. The van der Waals surface area contributed by atoms with Gasteiger partial charge in [0.15, 0.2) is 6.73 Å². The first-order valence-corrected chi connectivity index (χ1v) is 11.4. The molecule has 1 aromatic heterocycles. The highest BCUT2D eigenvalue weighted by Crippen LogP contribution is 2.29. The highest BCUT2D eigenvalue weighted by molar-refractivity contribution is 8.76. The molecule has 0 spiro atoms. The topological polar surface area (TPSA) is 106 Å². The van der Waals surface area contributed by atoms with E-state index in [-0.39, 0.29) is 30.8 Å². The van der Waals surface area contributed by atoms with Gasteiger partial charge in [-0.05, 0) is 36.8 Å². The fourth-order valence-corrected chi connectivity index (χ4v) is 4.10. The van der Waals surface area contributed by atoms with Crippen molar-refractivity contribution in [2.75, 3.05) is 12.5 Å². The van der Waals surface area contributed by atoms with E-state index in [4.69, 9.17) is 9.57 Å². The van der Waals surface area contributed by atoms with E-state index in [9.17, 15) is 23.7 Å². The van der Waals surface area contributed by atoms with Crippen LogP contribution in [0.2, 0.25) is 0 Å². The van der Waals surface area contributed by atoms with Crippen LogP contribution >= 0.6 is 21.6 Å². The molecule has 164 valence electrons. The number of carbonyl (C=O) groups excluding carboxylic acids is 4. The molecular formula is C18H22FN3O6S2. The SMILES string of the molecule is CC(C)(CC(=O)ON1C(=O)CCC1=O)OCN(F)C(=O)CCSSc1ccccn1. The Morgan fingerprint density at radius 1 is 1.27 bits per heavy atom. The van der Waals surface area contributed by atoms with E-state index in [2.05, 4.69) is 4.98 Å². The van der Waals surface area contributed by atoms with Crippen LogP contribution in [0.1, 0.15) is 39.5 Å². The third kappa shape index (κ3) is 7.92. The Hall–Kier alpha value is -2.18. The standard InChI is InChI=1S/C18H22FN3O6S2/c1-18(2,11-17(26)28-22-15(24)6-7-16(22)25)27-12-21(19)14(23)8-10-29-30-13-5-3-4-9-20-13/h3-5,9H,6-8,10-12H2,1-2H3. The molecule has 3 amide bonds. The summed E-state index contributed by atoms with van der Waals surface area (Å²) in [5, 5.41) is 1.16. The smallest absolute Gasteiger partial charge is 0.336 e. The van der Waals surface area contributed by atoms with Gasteiger partial charge in [-0.3, -0.25) is 14.4 Å². The minimum atomic E-state index is -1.18. The van der Waals surface area contributed by atoms with Crippen LogP contribution in [0, 0.1) is 0 Å². The summed E-state index contributed by atoms with van der Waals surface area (Å²) in [6.45, 7) is 2.33. The summed E-state index contributed by atoms with van der Waals surface area (Å²) in [4.78, 5) is 55.6. The maximum Gasteiger partial charge on any atom is 0.336 e. The first kappa shape index (κ1) is 24.1. The molecule has 30 heavy (non-hydrogen) atoms. The van der Waals surface area contributed by atoms with Crippen LogP contribution in [-0.4, -0.2) is 56.9 Å². The molecule has 1 aromatic rings. The van der Waals surface area contributed by atoms with Crippen molar-refractivity contribution in [1.82, 2.24) is 15.2 Å². The average Bonchev–Trinajstić information content (AvgIpc) is 3.01. The molecular weight excluding hydrogens is 437 g/mol.